The maximum atomic E-state index is 6.44. The van der Waals surface area contributed by atoms with Crippen LogP contribution in [0.25, 0.3) is 5.70 Å². The van der Waals surface area contributed by atoms with Crippen LogP contribution in [0.1, 0.15) is 57.7 Å². The van der Waals surface area contributed by atoms with Crippen LogP contribution in [-0.4, -0.2) is 5.71 Å². The van der Waals surface area contributed by atoms with Crippen LogP contribution in [0.3, 0.4) is 0 Å². The van der Waals surface area contributed by atoms with Crippen molar-refractivity contribution in [3.05, 3.63) is 39.4 Å². The van der Waals surface area contributed by atoms with Gasteiger partial charge < -0.3 is 0 Å². The van der Waals surface area contributed by atoms with E-state index in [1.807, 2.05) is 0 Å². The topological polar surface area (TPSA) is 12.4 Å². The Morgan fingerprint density at radius 1 is 1.16 bits per heavy atom. The van der Waals surface area contributed by atoms with Crippen molar-refractivity contribution >= 4 is 23.0 Å². The quantitative estimate of drug-likeness (QED) is 0.614. The van der Waals surface area contributed by atoms with Crippen molar-refractivity contribution in [3.8, 4) is 0 Å². The van der Waals surface area contributed by atoms with Crippen LogP contribution in [0, 0.1) is 6.92 Å². The monoisotopic (exact) mass is 277 g/mol. The highest BCUT2D eigenvalue weighted by atomic mass is 35.5. The fourth-order valence-corrected chi connectivity index (χ4v) is 2.27. The summed E-state index contributed by atoms with van der Waals surface area (Å²) < 4.78 is 0. The van der Waals surface area contributed by atoms with Gasteiger partial charge in [0.2, 0.25) is 0 Å². The first-order valence-corrected chi connectivity index (χ1v) is 7.29. The average molecular weight is 278 g/mol. The average Bonchev–Trinajstić information content (AvgIpc) is 2.37. The van der Waals surface area contributed by atoms with Gasteiger partial charge in [-0.1, -0.05) is 31.0 Å². The Morgan fingerprint density at radius 3 is 2.26 bits per heavy atom. The standard InChI is InChI=1S/C17H24ClN/c1-7-13(6)19-17(11(3)4)15-9-12(5)14(8-2)10-16(15)18/h9-10H,7-8H2,1-6H3. The van der Waals surface area contributed by atoms with Crippen molar-refractivity contribution in [3.63, 3.8) is 0 Å². The van der Waals surface area contributed by atoms with E-state index >= 15 is 0 Å². The Bertz CT molecular complexity index is 520. The number of nitrogens with zero attached hydrogens (tertiary/aromatic N) is 1. The minimum absolute atomic E-state index is 0.798. The molecule has 0 aliphatic carbocycles. The summed E-state index contributed by atoms with van der Waals surface area (Å²) in [6.45, 7) is 12.6. The van der Waals surface area contributed by atoms with Gasteiger partial charge in [-0.05, 0) is 63.8 Å². The van der Waals surface area contributed by atoms with E-state index in [9.17, 15) is 0 Å². The Morgan fingerprint density at radius 2 is 1.79 bits per heavy atom. The predicted molar refractivity (Wildman–Crippen MR) is 87.2 cm³/mol. The highest BCUT2D eigenvalue weighted by Gasteiger charge is 2.10. The number of rotatable bonds is 4. The third-order valence-electron chi connectivity index (χ3n) is 3.35. The summed E-state index contributed by atoms with van der Waals surface area (Å²) in [5.74, 6) is 0. The third-order valence-corrected chi connectivity index (χ3v) is 3.66. The molecular weight excluding hydrogens is 254 g/mol. The molecule has 0 aromatic heterocycles. The molecule has 0 saturated heterocycles. The van der Waals surface area contributed by atoms with Gasteiger partial charge in [-0.25, -0.2) is 0 Å². The van der Waals surface area contributed by atoms with Gasteiger partial charge in [0.15, 0.2) is 0 Å². The summed E-state index contributed by atoms with van der Waals surface area (Å²) in [6, 6.07) is 4.24. The Balaban J connectivity index is 3.42. The second kappa shape index (κ2) is 6.91. The molecule has 1 nitrogen and oxygen atoms in total. The minimum atomic E-state index is 0.798. The number of aliphatic imine (C=N–C) groups is 1. The molecule has 0 unspecified atom stereocenters. The van der Waals surface area contributed by atoms with E-state index in [1.165, 1.54) is 16.7 Å². The number of aryl methyl sites for hydroxylation is 2. The zero-order chi connectivity index (χ0) is 14.6. The SMILES string of the molecule is CCC(C)=NC(=C(C)C)c1cc(C)c(CC)cc1Cl. The number of allylic oxidation sites excluding steroid dienone is 1. The highest BCUT2D eigenvalue weighted by Crippen LogP contribution is 2.30. The molecule has 0 bridgehead atoms. The lowest BCUT2D eigenvalue weighted by molar-refractivity contribution is 1.11. The maximum Gasteiger partial charge on any atom is 0.0702 e. The van der Waals surface area contributed by atoms with Crippen LogP contribution < -0.4 is 0 Å². The van der Waals surface area contributed by atoms with Crippen LogP contribution in [0.2, 0.25) is 5.02 Å². The van der Waals surface area contributed by atoms with Crippen molar-refractivity contribution in [1.82, 2.24) is 0 Å². The largest absolute Gasteiger partial charge is 0.258 e. The van der Waals surface area contributed by atoms with E-state index < -0.39 is 0 Å². The maximum absolute atomic E-state index is 6.44. The van der Waals surface area contributed by atoms with E-state index in [-0.39, 0.29) is 0 Å². The Kier molecular flexibility index (Phi) is 5.81. The van der Waals surface area contributed by atoms with Crippen molar-refractivity contribution in [1.29, 1.82) is 0 Å². The first kappa shape index (κ1) is 16.0. The van der Waals surface area contributed by atoms with Crippen LogP contribution in [-0.2, 0) is 6.42 Å². The summed E-state index contributed by atoms with van der Waals surface area (Å²) in [5, 5.41) is 0.798. The predicted octanol–water partition coefficient (Wildman–Crippen LogP) is 5.83. The fraction of sp³-hybridized carbons (Fsp3) is 0.471. The second-order valence-corrected chi connectivity index (χ2v) is 5.57. The zero-order valence-electron chi connectivity index (χ0n) is 12.9. The number of hydrogen-bond donors (Lipinski definition) is 0. The molecule has 0 spiro atoms. The van der Waals surface area contributed by atoms with Crippen LogP contribution in [0.15, 0.2) is 22.7 Å². The van der Waals surface area contributed by atoms with Gasteiger partial charge >= 0.3 is 0 Å². The van der Waals surface area contributed by atoms with Crippen molar-refractivity contribution < 1.29 is 0 Å². The van der Waals surface area contributed by atoms with Crippen molar-refractivity contribution in [2.24, 2.45) is 4.99 Å². The molecule has 0 aliphatic heterocycles. The molecule has 19 heavy (non-hydrogen) atoms. The van der Waals surface area contributed by atoms with Gasteiger partial charge in [-0.3, -0.25) is 4.99 Å². The summed E-state index contributed by atoms with van der Waals surface area (Å²) in [6.07, 6.45) is 1.97. The zero-order valence-corrected chi connectivity index (χ0v) is 13.7. The van der Waals surface area contributed by atoms with E-state index in [1.54, 1.807) is 0 Å². The summed E-state index contributed by atoms with van der Waals surface area (Å²) in [5.41, 5.74) is 6.96. The number of halogens is 1. The van der Waals surface area contributed by atoms with E-state index in [0.717, 1.165) is 34.8 Å². The van der Waals surface area contributed by atoms with E-state index in [0.29, 0.717) is 0 Å². The lowest BCUT2D eigenvalue weighted by atomic mass is 10.00. The molecule has 104 valence electrons. The fourth-order valence-electron chi connectivity index (χ4n) is 2.00. The van der Waals surface area contributed by atoms with Gasteiger partial charge in [0.05, 0.1) is 10.7 Å². The summed E-state index contributed by atoms with van der Waals surface area (Å²) >= 11 is 6.44. The molecule has 0 saturated carbocycles. The highest BCUT2D eigenvalue weighted by molar-refractivity contribution is 6.32. The third kappa shape index (κ3) is 3.94. The molecule has 0 N–H and O–H groups in total. The summed E-state index contributed by atoms with van der Waals surface area (Å²) in [7, 11) is 0. The molecule has 0 fully saturated rings. The molecule has 1 aromatic carbocycles. The van der Waals surface area contributed by atoms with Gasteiger partial charge in [0.1, 0.15) is 0 Å². The van der Waals surface area contributed by atoms with Gasteiger partial charge in [0, 0.05) is 11.3 Å². The van der Waals surface area contributed by atoms with Crippen LogP contribution in [0.4, 0.5) is 0 Å². The molecule has 0 radical (unpaired) electrons. The smallest absolute Gasteiger partial charge is 0.0702 e. The van der Waals surface area contributed by atoms with Gasteiger partial charge in [-0.2, -0.15) is 0 Å². The molecule has 0 heterocycles. The molecule has 0 atom stereocenters. The van der Waals surface area contributed by atoms with Crippen LogP contribution in [0.5, 0.6) is 0 Å². The molecular formula is C17H24ClN. The van der Waals surface area contributed by atoms with Gasteiger partial charge in [0.25, 0.3) is 0 Å². The molecule has 1 aromatic rings. The molecule has 0 aliphatic rings. The van der Waals surface area contributed by atoms with Crippen LogP contribution >= 0.6 is 11.6 Å². The molecule has 2 heteroatoms. The second-order valence-electron chi connectivity index (χ2n) is 5.16. The van der Waals surface area contributed by atoms with E-state index in [2.05, 4.69) is 53.7 Å². The lowest BCUT2D eigenvalue weighted by Gasteiger charge is -2.12. The normalized spacial score (nSPS) is 11.6. The Hall–Kier alpha value is -1.08. The number of hydrogen-bond acceptors (Lipinski definition) is 1. The summed E-state index contributed by atoms with van der Waals surface area (Å²) in [4.78, 5) is 4.73. The Labute approximate surface area is 122 Å². The minimum Gasteiger partial charge on any atom is -0.258 e. The molecule has 0 amide bonds. The van der Waals surface area contributed by atoms with Crippen molar-refractivity contribution in [2.45, 2.75) is 54.4 Å². The lowest BCUT2D eigenvalue weighted by Crippen LogP contribution is -1.96. The first-order valence-electron chi connectivity index (χ1n) is 6.91. The molecule has 1 rings (SSSR count). The van der Waals surface area contributed by atoms with Crippen molar-refractivity contribution in [2.75, 3.05) is 0 Å². The van der Waals surface area contributed by atoms with E-state index in [4.69, 9.17) is 16.6 Å². The number of benzene rings is 1. The first-order chi connectivity index (χ1) is 8.90. The van der Waals surface area contributed by atoms with Gasteiger partial charge in [-0.15, -0.1) is 0 Å².